The molecule has 0 aliphatic carbocycles. The van der Waals surface area contributed by atoms with Gasteiger partial charge in [0.05, 0.1) is 4.47 Å². The number of nitrogens with one attached hydrogen (secondary N) is 1. The van der Waals surface area contributed by atoms with Crippen LogP contribution in [0.3, 0.4) is 0 Å². The van der Waals surface area contributed by atoms with Crippen LogP contribution in [-0.2, 0) is 4.79 Å². The highest BCUT2D eigenvalue weighted by molar-refractivity contribution is 9.10. The van der Waals surface area contributed by atoms with Crippen LogP contribution in [0.5, 0.6) is 0 Å². The molecule has 1 amide bonds. The van der Waals surface area contributed by atoms with Gasteiger partial charge in [-0.05, 0) is 53.7 Å². The van der Waals surface area contributed by atoms with Gasteiger partial charge in [-0.1, -0.05) is 0 Å². The van der Waals surface area contributed by atoms with Crippen molar-refractivity contribution in [3.63, 3.8) is 0 Å². The summed E-state index contributed by atoms with van der Waals surface area (Å²) in [5, 5.41) is 3.23. The number of carbonyl (C=O) groups excluding carboxylic acids is 1. The normalized spacial score (nSPS) is 17.1. The molecular weight excluding hydrogens is 332 g/mol. The number of piperidine rings is 1. The number of carbonyl (C=O) groups is 1. The van der Waals surface area contributed by atoms with Crippen LogP contribution in [0.15, 0.2) is 10.7 Å². The van der Waals surface area contributed by atoms with E-state index in [1.54, 1.807) is 6.20 Å². The average molecular weight is 348 g/mol. The lowest BCUT2D eigenvalue weighted by Gasteiger charge is -2.29. The number of rotatable bonds is 3. The minimum absolute atomic E-state index is 0.0985. The van der Waals surface area contributed by atoms with E-state index in [0.29, 0.717) is 10.3 Å². The molecule has 2 rings (SSSR count). The molecule has 1 unspecified atom stereocenters. The summed E-state index contributed by atoms with van der Waals surface area (Å²) in [7, 11) is 0. The molecule has 5 nitrogen and oxygen atoms in total. The Kier molecular flexibility index (Phi) is 4.99. The van der Waals surface area contributed by atoms with Crippen molar-refractivity contribution in [3.05, 3.63) is 16.0 Å². The number of halogens is 2. The molecule has 2 heterocycles. The van der Waals surface area contributed by atoms with Crippen molar-refractivity contribution < 1.29 is 4.79 Å². The Morgan fingerprint density at radius 2 is 2.16 bits per heavy atom. The second-order valence-corrected chi connectivity index (χ2v) is 5.78. The largest absolute Gasteiger partial charge is 0.358 e. The van der Waals surface area contributed by atoms with E-state index < -0.39 is 0 Å². The Morgan fingerprint density at radius 1 is 1.47 bits per heavy atom. The lowest BCUT2D eigenvalue weighted by molar-refractivity contribution is -0.132. The highest BCUT2D eigenvalue weighted by Crippen LogP contribution is 2.21. The average Bonchev–Trinajstić information content (AvgIpc) is 2.43. The zero-order valence-corrected chi connectivity index (χ0v) is 13.0. The van der Waals surface area contributed by atoms with Crippen LogP contribution in [0.1, 0.15) is 26.2 Å². The molecule has 1 aromatic rings. The second-order valence-electron chi connectivity index (χ2n) is 4.59. The van der Waals surface area contributed by atoms with Gasteiger partial charge in [0.1, 0.15) is 11.9 Å². The number of hydrogen-bond donors (Lipinski definition) is 1. The van der Waals surface area contributed by atoms with Crippen LogP contribution in [0.25, 0.3) is 0 Å². The van der Waals surface area contributed by atoms with E-state index in [4.69, 9.17) is 11.6 Å². The van der Waals surface area contributed by atoms with Gasteiger partial charge in [-0.3, -0.25) is 4.79 Å². The summed E-state index contributed by atoms with van der Waals surface area (Å²) in [5.74, 6) is 0.638. The SMILES string of the molecule is CC(Nc1nc(Cl)ncc1Br)C(=O)N1CCCCC1. The van der Waals surface area contributed by atoms with E-state index in [0.717, 1.165) is 25.9 Å². The Hall–Kier alpha value is -0.880. The van der Waals surface area contributed by atoms with Gasteiger partial charge in [0, 0.05) is 19.3 Å². The summed E-state index contributed by atoms with van der Waals surface area (Å²) >= 11 is 9.08. The molecule has 1 aromatic heterocycles. The standard InChI is InChI=1S/C12H16BrClN4O/c1-8(11(19)18-5-3-2-4-6-18)16-10-9(13)7-15-12(14)17-10/h7-8H,2-6H2,1H3,(H,15,16,17). The summed E-state index contributed by atoms with van der Waals surface area (Å²) in [5.41, 5.74) is 0. The zero-order valence-electron chi connectivity index (χ0n) is 10.7. The zero-order chi connectivity index (χ0) is 13.8. The molecule has 1 aliphatic heterocycles. The van der Waals surface area contributed by atoms with Gasteiger partial charge in [0.2, 0.25) is 11.2 Å². The fraction of sp³-hybridized carbons (Fsp3) is 0.583. The summed E-state index contributed by atoms with van der Waals surface area (Å²) in [6, 6.07) is -0.333. The minimum Gasteiger partial charge on any atom is -0.358 e. The molecule has 0 bridgehead atoms. The number of hydrogen-bond acceptors (Lipinski definition) is 4. The first-order chi connectivity index (χ1) is 9.08. The highest BCUT2D eigenvalue weighted by atomic mass is 79.9. The van der Waals surface area contributed by atoms with Crippen LogP contribution in [0.4, 0.5) is 5.82 Å². The number of nitrogens with zero attached hydrogens (tertiary/aromatic N) is 3. The molecule has 19 heavy (non-hydrogen) atoms. The maximum absolute atomic E-state index is 12.3. The number of likely N-dealkylation sites (tertiary alicyclic amines) is 1. The predicted octanol–water partition coefficient (Wildman–Crippen LogP) is 2.71. The van der Waals surface area contributed by atoms with Crippen LogP contribution in [0, 0.1) is 0 Å². The first-order valence-electron chi connectivity index (χ1n) is 6.31. The van der Waals surface area contributed by atoms with Crippen LogP contribution in [-0.4, -0.2) is 39.9 Å². The van der Waals surface area contributed by atoms with Crippen LogP contribution in [0.2, 0.25) is 5.28 Å². The van der Waals surface area contributed by atoms with E-state index in [1.807, 2.05) is 11.8 Å². The lowest BCUT2D eigenvalue weighted by Crippen LogP contribution is -2.44. The highest BCUT2D eigenvalue weighted by Gasteiger charge is 2.22. The molecule has 0 radical (unpaired) electrons. The van der Waals surface area contributed by atoms with Crippen LogP contribution < -0.4 is 5.32 Å². The molecule has 1 aliphatic rings. The van der Waals surface area contributed by atoms with Crippen molar-refractivity contribution in [2.24, 2.45) is 0 Å². The third-order valence-electron chi connectivity index (χ3n) is 3.11. The molecule has 0 aromatic carbocycles. The number of anilines is 1. The van der Waals surface area contributed by atoms with Gasteiger partial charge in [0.15, 0.2) is 0 Å². The quantitative estimate of drug-likeness (QED) is 0.854. The van der Waals surface area contributed by atoms with Crippen molar-refractivity contribution in [2.75, 3.05) is 18.4 Å². The number of amides is 1. The third kappa shape index (κ3) is 3.79. The monoisotopic (exact) mass is 346 g/mol. The summed E-state index contributed by atoms with van der Waals surface area (Å²) in [4.78, 5) is 22.1. The molecular formula is C12H16BrClN4O. The minimum atomic E-state index is -0.333. The molecule has 1 fully saturated rings. The first kappa shape index (κ1) is 14.5. The number of aromatic nitrogens is 2. The van der Waals surface area contributed by atoms with Crippen LogP contribution >= 0.6 is 27.5 Å². The smallest absolute Gasteiger partial charge is 0.244 e. The Morgan fingerprint density at radius 3 is 2.84 bits per heavy atom. The van der Waals surface area contributed by atoms with Gasteiger partial charge in [-0.15, -0.1) is 0 Å². The summed E-state index contributed by atoms with van der Waals surface area (Å²) in [6.45, 7) is 3.52. The summed E-state index contributed by atoms with van der Waals surface area (Å²) in [6.07, 6.45) is 4.94. The van der Waals surface area contributed by atoms with Crippen molar-refractivity contribution in [1.29, 1.82) is 0 Å². The molecule has 1 N–H and O–H groups in total. The molecule has 7 heteroatoms. The Labute approximate surface area is 125 Å². The topological polar surface area (TPSA) is 58.1 Å². The van der Waals surface area contributed by atoms with Gasteiger partial charge >= 0.3 is 0 Å². The predicted molar refractivity (Wildman–Crippen MR) is 78.3 cm³/mol. The molecule has 0 spiro atoms. The Balaban J connectivity index is 2.01. The maximum atomic E-state index is 12.3. The van der Waals surface area contributed by atoms with E-state index in [1.165, 1.54) is 6.42 Å². The van der Waals surface area contributed by atoms with E-state index >= 15 is 0 Å². The van der Waals surface area contributed by atoms with Gasteiger partial charge in [0.25, 0.3) is 0 Å². The fourth-order valence-corrected chi connectivity index (χ4v) is 2.54. The van der Waals surface area contributed by atoms with Crippen molar-refractivity contribution >= 4 is 39.3 Å². The molecule has 1 saturated heterocycles. The molecule has 1 atom stereocenters. The molecule has 104 valence electrons. The van der Waals surface area contributed by atoms with Crippen molar-refractivity contribution in [1.82, 2.24) is 14.9 Å². The van der Waals surface area contributed by atoms with Gasteiger partial charge < -0.3 is 10.2 Å². The van der Waals surface area contributed by atoms with E-state index in [-0.39, 0.29) is 17.2 Å². The first-order valence-corrected chi connectivity index (χ1v) is 7.48. The second kappa shape index (κ2) is 6.52. The lowest BCUT2D eigenvalue weighted by atomic mass is 10.1. The molecule has 0 saturated carbocycles. The van der Waals surface area contributed by atoms with E-state index in [2.05, 4.69) is 31.2 Å². The van der Waals surface area contributed by atoms with E-state index in [9.17, 15) is 4.79 Å². The van der Waals surface area contributed by atoms with Crippen molar-refractivity contribution in [3.8, 4) is 0 Å². The fourth-order valence-electron chi connectivity index (χ4n) is 2.10. The van der Waals surface area contributed by atoms with Crippen molar-refractivity contribution in [2.45, 2.75) is 32.2 Å². The maximum Gasteiger partial charge on any atom is 0.244 e. The van der Waals surface area contributed by atoms with Gasteiger partial charge in [-0.25, -0.2) is 4.98 Å². The third-order valence-corrected chi connectivity index (χ3v) is 3.87. The van der Waals surface area contributed by atoms with Gasteiger partial charge in [-0.2, -0.15) is 4.98 Å². The summed E-state index contributed by atoms with van der Waals surface area (Å²) < 4.78 is 0.690. The Bertz CT molecular complexity index is 465.